The van der Waals surface area contributed by atoms with Gasteiger partial charge in [0, 0.05) is 6.54 Å². The van der Waals surface area contributed by atoms with Crippen LogP contribution in [0.3, 0.4) is 0 Å². The van der Waals surface area contributed by atoms with Crippen LogP contribution < -0.4 is 5.32 Å². The van der Waals surface area contributed by atoms with Crippen molar-refractivity contribution in [1.29, 1.82) is 0 Å². The van der Waals surface area contributed by atoms with E-state index >= 15 is 0 Å². The molecule has 0 spiro atoms. The first kappa shape index (κ1) is 13.3. The second-order valence-corrected chi connectivity index (χ2v) is 6.02. The van der Waals surface area contributed by atoms with Gasteiger partial charge in [-0.3, -0.25) is 0 Å². The zero-order chi connectivity index (χ0) is 12.1. The predicted molar refractivity (Wildman–Crippen MR) is 71.1 cm³/mol. The number of aliphatic hydroxyl groups is 1. The van der Waals surface area contributed by atoms with Gasteiger partial charge in [0.25, 0.3) is 0 Å². The van der Waals surface area contributed by atoms with Crippen molar-refractivity contribution in [2.24, 2.45) is 11.8 Å². The van der Waals surface area contributed by atoms with E-state index in [0.717, 1.165) is 25.4 Å². The molecule has 2 atom stereocenters. The molecular formula is C14H28N2O. The fourth-order valence-electron chi connectivity index (χ4n) is 3.17. The average Bonchev–Trinajstić information content (AvgIpc) is 2.34. The van der Waals surface area contributed by atoms with Crippen molar-refractivity contribution in [3.8, 4) is 0 Å². The molecule has 2 rings (SSSR count). The van der Waals surface area contributed by atoms with Crippen LogP contribution in [0.5, 0.6) is 0 Å². The second kappa shape index (κ2) is 6.72. The summed E-state index contributed by atoms with van der Waals surface area (Å²) >= 11 is 0. The van der Waals surface area contributed by atoms with Crippen LogP contribution in [0, 0.1) is 11.8 Å². The number of aliphatic hydroxyl groups excluding tert-OH is 1. The minimum atomic E-state index is -0.0475. The Labute approximate surface area is 106 Å². The van der Waals surface area contributed by atoms with E-state index in [2.05, 4.69) is 17.3 Å². The van der Waals surface area contributed by atoms with Crippen LogP contribution in [0.15, 0.2) is 0 Å². The highest BCUT2D eigenvalue weighted by Crippen LogP contribution is 2.23. The fraction of sp³-hybridized carbons (Fsp3) is 1.00. The van der Waals surface area contributed by atoms with E-state index in [0.29, 0.717) is 5.92 Å². The molecule has 0 radical (unpaired) electrons. The molecule has 1 aliphatic carbocycles. The molecule has 1 saturated heterocycles. The van der Waals surface area contributed by atoms with Gasteiger partial charge in [0.1, 0.15) is 0 Å². The van der Waals surface area contributed by atoms with Crippen molar-refractivity contribution in [2.45, 2.75) is 44.6 Å². The summed E-state index contributed by atoms with van der Waals surface area (Å²) in [5.74, 6) is 1.36. The van der Waals surface area contributed by atoms with Crippen molar-refractivity contribution in [2.75, 3.05) is 33.2 Å². The summed E-state index contributed by atoms with van der Waals surface area (Å²) < 4.78 is 0. The van der Waals surface area contributed by atoms with Gasteiger partial charge in [-0.1, -0.05) is 12.8 Å². The monoisotopic (exact) mass is 240 g/mol. The van der Waals surface area contributed by atoms with Gasteiger partial charge in [-0.05, 0) is 64.2 Å². The first-order chi connectivity index (χ1) is 8.25. The minimum absolute atomic E-state index is 0.0475. The summed E-state index contributed by atoms with van der Waals surface area (Å²) in [4.78, 5) is 2.42. The zero-order valence-corrected chi connectivity index (χ0v) is 11.2. The molecule has 17 heavy (non-hydrogen) atoms. The fourth-order valence-corrected chi connectivity index (χ4v) is 3.17. The van der Waals surface area contributed by atoms with Crippen molar-refractivity contribution in [1.82, 2.24) is 10.2 Å². The number of nitrogens with one attached hydrogen (secondary N) is 1. The van der Waals surface area contributed by atoms with Crippen LogP contribution in [0.4, 0.5) is 0 Å². The molecule has 0 bridgehead atoms. The lowest BCUT2D eigenvalue weighted by Gasteiger charge is -2.31. The van der Waals surface area contributed by atoms with Gasteiger partial charge in [-0.25, -0.2) is 0 Å². The highest BCUT2D eigenvalue weighted by atomic mass is 16.3. The molecular weight excluding hydrogens is 212 g/mol. The minimum Gasteiger partial charge on any atom is -0.393 e. The number of hydrogen-bond donors (Lipinski definition) is 2. The maximum absolute atomic E-state index is 9.89. The Morgan fingerprint density at radius 1 is 1.06 bits per heavy atom. The van der Waals surface area contributed by atoms with Crippen LogP contribution >= 0.6 is 0 Å². The Hall–Kier alpha value is -0.120. The third-order valence-electron chi connectivity index (χ3n) is 4.55. The molecule has 0 aromatic heterocycles. The Morgan fingerprint density at radius 2 is 1.76 bits per heavy atom. The second-order valence-electron chi connectivity index (χ2n) is 6.02. The Balaban J connectivity index is 1.59. The van der Waals surface area contributed by atoms with Crippen molar-refractivity contribution < 1.29 is 5.11 Å². The molecule has 100 valence electrons. The van der Waals surface area contributed by atoms with Gasteiger partial charge in [-0.15, -0.1) is 0 Å². The SMILES string of the molecule is CN1CCC(CNCC2CCCCC2O)CC1. The van der Waals surface area contributed by atoms with Crippen molar-refractivity contribution in [3.05, 3.63) is 0 Å². The number of likely N-dealkylation sites (tertiary alicyclic amines) is 1. The van der Waals surface area contributed by atoms with E-state index in [9.17, 15) is 5.11 Å². The summed E-state index contributed by atoms with van der Waals surface area (Å²) in [6, 6.07) is 0. The van der Waals surface area contributed by atoms with Gasteiger partial charge in [0.2, 0.25) is 0 Å². The molecule has 2 unspecified atom stereocenters. The molecule has 1 heterocycles. The van der Waals surface area contributed by atoms with Crippen molar-refractivity contribution >= 4 is 0 Å². The van der Waals surface area contributed by atoms with E-state index in [1.165, 1.54) is 45.2 Å². The summed E-state index contributed by atoms with van der Waals surface area (Å²) in [6.45, 7) is 4.67. The number of nitrogens with zero attached hydrogens (tertiary/aromatic N) is 1. The van der Waals surface area contributed by atoms with E-state index in [1.807, 2.05) is 0 Å². The van der Waals surface area contributed by atoms with E-state index in [-0.39, 0.29) is 6.10 Å². The molecule has 1 saturated carbocycles. The lowest BCUT2D eigenvalue weighted by atomic mass is 9.86. The zero-order valence-electron chi connectivity index (χ0n) is 11.2. The smallest absolute Gasteiger partial charge is 0.0580 e. The molecule has 0 aromatic rings. The molecule has 2 N–H and O–H groups in total. The highest BCUT2D eigenvalue weighted by Gasteiger charge is 2.23. The van der Waals surface area contributed by atoms with E-state index in [1.54, 1.807) is 0 Å². The molecule has 0 amide bonds. The van der Waals surface area contributed by atoms with E-state index in [4.69, 9.17) is 0 Å². The topological polar surface area (TPSA) is 35.5 Å². The summed E-state index contributed by atoms with van der Waals surface area (Å²) in [6.07, 6.45) is 7.36. The maximum Gasteiger partial charge on any atom is 0.0580 e. The van der Waals surface area contributed by atoms with Gasteiger partial charge in [0.15, 0.2) is 0 Å². The lowest BCUT2D eigenvalue weighted by molar-refractivity contribution is 0.0685. The quantitative estimate of drug-likeness (QED) is 0.781. The Morgan fingerprint density at radius 3 is 2.47 bits per heavy atom. The largest absolute Gasteiger partial charge is 0.393 e. The highest BCUT2D eigenvalue weighted by molar-refractivity contribution is 4.78. The van der Waals surface area contributed by atoms with Crippen LogP contribution in [0.2, 0.25) is 0 Å². The third-order valence-corrected chi connectivity index (χ3v) is 4.55. The van der Waals surface area contributed by atoms with Crippen LogP contribution in [0.25, 0.3) is 0 Å². The van der Waals surface area contributed by atoms with Crippen LogP contribution in [-0.4, -0.2) is 49.3 Å². The summed E-state index contributed by atoms with van der Waals surface area (Å²) in [5.41, 5.74) is 0. The van der Waals surface area contributed by atoms with Gasteiger partial charge < -0.3 is 15.3 Å². The molecule has 2 fully saturated rings. The average molecular weight is 240 g/mol. The first-order valence-electron chi connectivity index (χ1n) is 7.33. The normalized spacial score (nSPS) is 32.8. The standard InChI is InChI=1S/C14H28N2O/c1-16-8-6-12(7-9-16)10-15-11-13-4-2-3-5-14(13)17/h12-15,17H,2-11H2,1H3. The first-order valence-corrected chi connectivity index (χ1v) is 7.33. The van der Waals surface area contributed by atoms with Crippen LogP contribution in [-0.2, 0) is 0 Å². The van der Waals surface area contributed by atoms with Crippen molar-refractivity contribution in [3.63, 3.8) is 0 Å². The van der Waals surface area contributed by atoms with Gasteiger partial charge in [-0.2, -0.15) is 0 Å². The lowest BCUT2D eigenvalue weighted by Crippen LogP contribution is -2.38. The molecule has 0 aromatic carbocycles. The summed E-state index contributed by atoms with van der Waals surface area (Å²) in [5, 5.41) is 13.5. The molecule has 2 aliphatic rings. The molecule has 3 heteroatoms. The summed E-state index contributed by atoms with van der Waals surface area (Å²) in [7, 11) is 2.21. The van der Waals surface area contributed by atoms with E-state index < -0.39 is 0 Å². The molecule has 3 nitrogen and oxygen atoms in total. The van der Waals surface area contributed by atoms with Crippen LogP contribution in [0.1, 0.15) is 38.5 Å². The third kappa shape index (κ3) is 4.23. The predicted octanol–water partition coefficient (Wildman–Crippen LogP) is 1.47. The molecule has 1 aliphatic heterocycles. The van der Waals surface area contributed by atoms with Gasteiger partial charge in [0.05, 0.1) is 6.10 Å². The Kier molecular flexibility index (Phi) is 5.26. The number of rotatable bonds is 4. The van der Waals surface area contributed by atoms with Gasteiger partial charge >= 0.3 is 0 Å². The Bertz CT molecular complexity index is 214. The number of piperidine rings is 1. The number of hydrogen-bond acceptors (Lipinski definition) is 3. The maximum atomic E-state index is 9.89.